The highest BCUT2D eigenvalue weighted by Crippen LogP contribution is 2.37. The topological polar surface area (TPSA) is 98.7 Å². The number of benzene rings is 2. The number of carbonyl (C=O) groups excluding carboxylic acids is 1. The number of aromatic nitrogens is 3. The summed E-state index contributed by atoms with van der Waals surface area (Å²) in [7, 11) is 1.57. The molecule has 1 aliphatic rings. The number of fused-ring (bicyclic) bond motifs is 1. The molecule has 2 aromatic carbocycles. The molecule has 1 N–H and O–H groups in total. The molecular formula is C26H22ClN5O4. The van der Waals surface area contributed by atoms with Gasteiger partial charge in [0.05, 0.1) is 36.9 Å². The summed E-state index contributed by atoms with van der Waals surface area (Å²) >= 11 is 6.46. The molecule has 1 amide bonds. The standard InChI is InChI=1S/C26H22ClN5O4/c1-3-25(33)32-13-18(14-32)36-24-10-19-21(11-23(24)34-2)29-15-30-26(19)31-16-6-7-22(20(27)9-16)35-17-5-4-8-28-12-17/h3-12,15,18H,1,13-14H2,2H3,(H,29,30,31). The molecular weight excluding hydrogens is 482 g/mol. The number of likely N-dealkylation sites (tertiary alicyclic amines) is 1. The fraction of sp³-hybridized carbons (Fsp3) is 0.154. The predicted octanol–water partition coefficient (Wildman–Crippen LogP) is 5.00. The van der Waals surface area contributed by atoms with Crippen molar-refractivity contribution >= 4 is 39.9 Å². The highest BCUT2D eigenvalue weighted by molar-refractivity contribution is 6.32. The van der Waals surface area contributed by atoms with Crippen molar-refractivity contribution in [1.29, 1.82) is 0 Å². The van der Waals surface area contributed by atoms with E-state index in [4.69, 9.17) is 25.8 Å². The van der Waals surface area contributed by atoms with Crippen LogP contribution in [0, 0.1) is 0 Å². The molecule has 0 radical (unpaired) electrons. The van der Waals surface area contributed by atoms with E-state index in [1.54, 1.807) is 54.7 Å². The number of hydrogen-bond donors (Lipinski definition) is 1. The second kappa shape index (κ2) is 10.1. The van der Waals surface area contributed by atoms with Gasteiger partial charge in [0, 0.05) is 23.3 Å². The lowest BCUT2D eigenvalue weighted by Crippen LogP contribution is -2.55. The van der Waals surface area contributed by atoms with Gasteiger partial charge in [-0.2, -0.15) is 0 Å². The Morgan fingerprint density at radius 1 is 1.17 bits per heavy atom. The van der Waals surface area contributed by atoms with E-state index in [9.17, 15) is 4.79 Å². The number of methoxy groups -OCH3 is 1. The summed E-state index contributed by atoms with van der Waals surface area (Å²) in [4.78, 5) is 26.2. The van der Waals surface area contributed by atoms with Crippen LogP contribution in [-0.4, -0.2) is 52.1 Å². The van der Waals surface area contributed by atoms with Crippen molar-refractivity contribution in [3.63, 3.8) is 0 Å². The van der Waals surface area contributed by atoms with Crippen molar-refractivity contribution in [3.05, 3.63) is 78.9 Å². The third-order valence-electron chi connectivity index (χ3n) is 5.61. The molecule has 1 aliphatic heterocycles. The first kappa shape index (κ1) is 23.4. The molecule has 0 aliphatic carbocycles. The molecule has 1 fully saturated rings. The number of hydrogen-bond acceptors (Lipinski definition) is 8. The summed E-state index contributed by atoms with van der Waals surface area (Å²) in [5.74, 6) is 2.63. The van der Waals surface area contributed by atoms with E-state index in [1.807, 2.05) is 12.1 Å². The van der Waals surface area contributed by atoms with E-state index in [2.05, 4.69) is 26.8 Å². The predicted molar refractivity (Wildman–Crippen MR) is 136 cm³/mol. The molecule has 182 valence electrons. The minimum absolute atomic E-state index is 0.115. The maximum Gasteiger partial charge on any atom is 0.246 e. The van der Waals surface area contributed by atoms with Gasteiger partial charge in [-0.1, -0.05) is 18.2 Å². The Labute approximate surface area is 212 Å². The first-order chi connectivity index (χ1) is 17.5. The lowest BCUT2D eigenvalue weighted by Gasteiger charge is -2.38. The first-order valence-electron chi connectivity index (χ1n) is 11.1. The van der Waals surface area contributed by atoms with E-state index in [0.717, 1.165) is 11.1 Å². The Morgan fingerprint density at radius 2 is 2.03 bits per heavy atom. The minimum Gasteiger partial charge on any atom is -0.493 e. The van der Waals surface area contributed by atoms with E-state index < -0.39 is 0 Å². The Balaban J connectivity index is 1.38. The fourth-order valence-corrected chi connectivity index (χ4v) is 3.97. The van der Waals surface area contributed by atoms with Crippen LogP contribution in [0.4, 0.5) is 11.5 Å². The van der Waals surface area contributed by atoms with Gasteiger partial charge in [0.15, 0.2) is 11.5 Å². The second-order valence-corrected chi connectivity index (χ2v) is 8.40. The summed E-state index contributed by atoms with van der Waals surface area (Å²) < 4.78 is 17.4. The van der Waals surface area contributed by atoms with Gasteiger partial charge < -0.3 is 24.4 Å². The smallest absolute Gasteiger partial charge is 0.246 e. The lowest BCUT2D eigenvalue weighted by atomic mass is 10.1. The molecule has 0 bridgehead atoms. The van der Waals surface area contributed by atoms with Gasteiger partial charge in [-0.3, -0.25) is 9.78 Å². The van der Waals surface area contributed by atoms with Crippen LogP contribution in [0.3, 0.4) is 0 Å². The van der Waals surface area contributed by atoms with Crippen LogP contribution < -0.4 is 19.5 Å². The summed E-state index contributed by atoms with van der Waals surface area (Å²) in [6.07, 6.45) is 5.90. The quantitative estimate of drug-likeness (QED) is 0.335. The molecule has 9 nitrogen and oxygen atoms in total. The van der Waals surface area contributed by atoms with E-state index in [0.29, 0.717) is 52.4 Å². The molecule has 0 unspecified atom stereocenters. The van der Waals surface area contributed by atoms with Gasteiger partial charge in [-0.25, -0.2) is 9.97 Å². The van der Waals surface area contributed by atoms with Crippen molar-refractivity contribution in [2.24, 2.45) is 0 Å². The molecule has 3 heterocycles. The molecule has 0 atom stereocenters. The van der Waals surface area contributed by atoms with Crippen molar-refractivity contribution < 1.29 is 19.0 Å². The molecule has 0 spiro atoms. The molecule has 4 aromatic rings. The van der Waals surface area contributed by atoms with Crippen LogP contribution in [0.25, 0.3) is 10.9 Å². The normalized spacial score (nSPS) is 13.1. The molecule has 2 aromatic heterocycles. The molecule has 1 saturated heterocycles. The first-order valence-corrected chi connectivity index (χ1v) is 11.5. The van der Waals surface area contributed by atoms with Crippen molar-refractivity contribution in [2.75, 3.05) is 25.5 Å². The van der Waals surface area contributed by atoms with Crippen LogP contribution in [0.15, 0.2) is 73.8 Å². The Bertz CT molecular complexity index is 1430. The van der Waals surface area contributed by atoms with Gasteiger partial charge in [0.2, 0.25) is 5.91 Å². The Hall–Kier alpha value is -4.37. The number of carbonyl (C=O) groups is 1. The Kier molecular flexibility index (Phi) is 6.55. The van der Waals surface area contributed by atoms with Crippen molar-refractivity contribution in [3.8, 4) is 23.0 Å². The molecule has 10 heteroatoms. The van der Waals surface area contributed by atoms with Crippen molar-refractivity contribution in [2.45, 2.75) is 6.10 Å². The van der Waals surface area contributed by atoms with E-state index in [-0.39, 0.29) is 12.0 Å². The summed E-state index contributed by atoms with van der Waals surface area (Å²) in [5, 5.41) is 4.45. The van der Waals surface area contributed by atoms with Crippen LogP contribution in [-0.2, 0) is 4.79 Å². The monoisotopic (exact) mass is 503 g/mol. The number of halogens is 1. The number of amides is 1. The Morgan fingerprint density at radius 3 is 2.75 bits per heavy atom. The molecule has 36 heavy (non-hydrogen) atoms. The van der Waals surface area contributed by atoms with Crippen molar-refractivity contribution in [1.82, 2.24) is 19.9 Å². The van der Waals surface area contributed by atoms with Gasteiger partial charge in [-0.05, 0) is 42.5 Å². The molecule has 5 rings (SSSR count). The van der Waals surface area contributed by atoms with Crippen LogP contribution in [0.5, 0.6) is 23.0 Å². The number of anilines is 2. The van der Waals surface area contributed by atoms with E-state index >= 15 is 0 Å². The zero-order valence-corrected chi connectivity index (χ0v) is 20.1. The SMILES string of the molecule is C=CC(=O)N1CC(Oc2cc3c(Nc4ccc(Oc5cccnc5)c(Cl)c4)ncnc3cc2OC)C1. The van der Waals surface area contributed by atoms with Gasteiger partial charge >= 0.3 is 0 Å². The largest absolute Gasteiger partial charge is 0.493 e. The minimum atomic E-state index is -0.146. The van der Waals surface area contributed by atoms with Crippen LogP contribution >= 0.6 is 11.6 Å². The third-order valence-corrected chi connectivity index (χ3v) is 5.90. The van der Waals surface area contributed by atoms with E-state index in [1.165, 1.54) is 12.4 Å². The zero-order valence-electron chi connectivity index (χ0n) is 19.3. The lowest BCUT2D eigenvalue weighted by molar-refractivity contribution is -0.134. The second-order valence-electron chi connectivity index (χ2n) is 7.99. The maximum atomic E-state index is 11.7. The number of ether oxygens (including phenoxy) is 3. The summed E-state index contributed by atoms with van der Waals surface area (Å²) in [6, 6.07) is 12.6. The molecule has 0 saturated carbocycles. The zero-order chi connectivity index (χ0) is 25.1. The van der Waals surface area contributed by atoms with Crippen LogP contribution in [0.1, 0.15) is 0 Å². The van der Waals surface area contributed by atoms with Crippen LogP contribution in [0.2, 0.25) is 5.02 Å². The summed E-state index contributed by atoms with van der Waals surface area (Å²) in [5.41, 5.74) is 1.39. The number of nitrogens with zero attached hydrogens (tertiary/aromatic N) is 4. The van der Waals surface area contributed by atoms with Gasteiger partial charge in [0.1, 0.15) is 29.7 Å². The number of rotatable bonds is 8. The average molecular weight is 504 g/mol. The summed E-state index contributed by atoms with van der Waals surface area (Å²) in [6.45, 7) is 4.48. The average Bonchev–Trinajstić information content (AvgIpc) is 2.87. The number of pyridine rings is 1. The highest BCUT2D eigenvalue weighted by Gasteiger charge is 2.31. The maximum absolute atomic E-state index is 11.7. The highest BCUT2D eigenvalue weighted by atomic mass is 35.5. The fourth-order valence-electron chi connectivity index (χ4n) is 3.75. The van der Waals surface area contributed by atoms with Gasteiger partial charge in [-0.15, -0.1) is 0 Å². The third kappa shape index (κ3) is 4.87. The van der Waals surface area contributed by atoms with Gasteiger partial charge in [0.25, 0.3) is 0 Å². The number of nitrogens with one attached hydrogen (secondary N) is 1.